The SMILES string of the molecule is O=Cc1ccc(N2CCCCC2)c(Br)c1.[Mn].[O-2].[O-2]. The Morgan fingerprint density at radius 1 is 1.11 bits per heavy atom. The van der Waals surface area contributed by atoms with E-state index in [1.54, 1.807) is 0 Å². The summed E-state index contributed by atoms with van der Waals surface area (Å²) in [5, 5.41) is 0. The van der Waals surface area contributed by atoms with Gasteiger partial charge in [0.2, 0.25) is 0 Å². The van der Waals surface area contributed by atoms with E-state index < -0.39 is 0 Å². The molecule has 18 heavy (non-hydrogen) atoms. The molecule has 1 fully saturated rings. The van der Waals surface area contributed by atoms with E-state index in [1.165, 1.54) is 24.9 Å². The summed E-state index contributed by atoms with van der Waals surface area (Å²) in [6.45, 7) is 2.25. The predicted molar refractivity (Wildman–Crippen MR) is 67.0 cm³/mol. The first kappa shape index (κ1) is 19.9. The molecule has 0 unspecified atom stereocenters. The van der Waals surface area contributed by atoms with Crippen LogP contribution in [0.1, 0.15) is 29.6 Å². The second kappa shape index (κ2) is 9.53. The van der Waals surface area contributed by atoms with Crippen LogP contribution in [0.15, 0.2) is 22.7 Å². The van der Waals surface area contributed by atoms with Gasteiger partial charge in [-0.3, -0.25) is 4.79 Å². The van der Waals surface area contributed by atoms with Crippen molar-refractivity contribution in [3.63, 3.8) is 0 Å². The fourth-order valence-electron chi connectivity index (χ4n) is 1.99. The molecule has 1 aromatic carbocycles. The van der Waals surface area contributed by atoms with Crippen LogP contribution < -0.4 is 4.90 Å². The summed E-state index contributed by atoms with van der Waals surface area (Å²) in [7, 11) is 0. The van der Waals surface area contributed by atoms with Crippen molar-refractivity contribution in [2.45, 2.75) is 19.3 Å². The number of carbonyl (C=O) groups is 1. The van der Waals surface area contributed by atoms with E-state index in [0.717, 1.165) is 29.4 Å². The molecule has 1 heterocycles. The van der Waals surface area contributed by atoms with Gasteiger partial charge in [-0.1, -0.05) is 0 Å². The van der Waals surface area contributed by atoms with Crippen LogP contribution in [0.3, 0.4) is 0 Å². The van der Waals surface area contributed by atoms with Crippen LogP contribution in [-0.2, 0) is 28.0 Å². The Hall–Kier alpha value is -0.391. The largest absolute Gasteiger partial charge is 2.00 e. The molecular formula is C12H14BrMnNO3-4. The first-order valence-electron chi connectivity index (χ1n) is 5.31. The molecule has 0 saturated carbocycles. The third-order valence-corrected chi connectivity index (χ3v) is 3.44. The normalized spacial score (nSPS) is 13.7. The molecule has 0 amide bonds. The Morgan fingerprint density at radius 2 is 1.72 bits per heavy atom. The van der Waals surface area contributed by atoms with Crippen molar-refractivity contribution >= 4 is 27.9 Å². The van der Waals surface area contributed by atoms with Crippen LogP contribution in [0, 0.1) is 0 Å². The minimum atomic E-state index is 0. The third kappa shape index (κ3) is 4.71. The van der Waals surface area contributed by atoms with E-state index in [4.69, 9.17) is 0 Å². The molecule has 2 rings (SSSR count). The van der Waals surface area contributed by atoms with Crippen molar-refractivity contribution in [3.05, 3.63) is 28.2 Å². The Balaban J connectivity index is 0. The van der Waals surface area contributed by atoms with Gasteiger partial charge in [-0.2, -0.15) is 0 Å². The van der Waals surface area contributed by atoms with Crippen LogP contribution in [0.5, 0.6) is 0 Å². The molecule has 1 aliphatic heterocycles. The zero-order valence-corrected chi connectivity index (χ0v) is 12.5. The summed E-state index contributed by atoms with van der Waals surface area (Å²) >= 11 is 3.52. The number of aldehydes is 1. The average Bonchev–Trinajstić information content (AvgIpc) is 2.30. The summed E-state index contributed by atoms with van der Waals surface area (Å²) in [4.78, 5) is 13.0. The van der Waals surface area contributed by atoms with Gasteiger partial charge in [-0.25, -0.2) is 0 Å². The minimum Gasteiger partial charge on any atom is -2.00 e. The third-order valence-electron chi connectivity index (χ3n) is 2.80. The first-order valence-corrected chi connectivity index (χ1v) is 6.10. The van der Waals surface area contributed by atoms with Gasteiger partial charge in [-0.05, 0) is 53.4 Å². The van der Waals surface area contributed by atoms with Gasteiger partial charge in [0, 0.05) is 40.2 Å². The molecule has 1 aromatic rings. The molecule has 103 valence electrons. The molecule has 1 saturated heterocycles. The fourth-order valence-corrected chi connectivity index (χ4v) is 2.63. The van der Waals surface area contributed by atoms with E-state index in [9.17, 15) is 4.79 Å². The van der Waals surface area contributed by atoms with Crippen molar-refractivity contribution in [3.8, 4) is 0 Å². The van der Waals surface area contributed by atoms with Gasteiger partial charge in [0.25, 0.3) is 0 Å². The molecule has 0 spiro atoms. The summed E-state index contributed by atoms with van der Waals surface area (Å²) in [5.41, 5.74) is 1.93. The number of halogens is 1. The summed E-state index contributed by atoms with van der Waals surface area (Å²) in [6.07, 6.45) is 4.75. The Morgan fingerprint density at radius 3 is 2.22 bits per heavy atom. The first-order chi connectivity index (χ1) is 7.31. The van der Waals surface area contributed by atoms with Gasteiger partial charge in [0.1, 0.15) is 6.29 Å². The molecule has 1 aliphatic rings. The van der Waals surface area contributed by atoms with Crippen LogP contribution in [0.4, 0.5) is 5.69 Å². The molecule has 1 radical (unpaired) electrons. The minimum absolute atomic E-state index is 0. The monoisotopic (exact) mass is 354 g/mol. The van der Waals surface area contributed by atoms with Crippen LogP contribution in [0.25, 0.3) is 0 Å². The molecular weight excluding hydrogens is 341 g/mol. The van der Waals surface area contributed by atoms with Crippen molar-refractivity contribution in [2.75, 3.05) is 18.0 Å². The fraction of sp³-hybridized carbons (Fsp3) is 0.417. The molecule has 0 N–H and O–H groups in total. The number of nitrogens with zero attached hydrogens (tertiary/aromatic N) is 1. The zero-order chi connectivity index (χ0) is 10.7. The Bertz CT molecular complexity index is 370. The zero-order valence-electron chi connectivity index (χ0n) is 9.77. The molecule has 0 atom stereocenters. The number of benzene rings is 1. The number of piperidine rings is 1. The van der Waals surface area contributed by atoms with E-state index in [-0.39, 0.29) is 28.0 Å². The maximum Gasteiger partial charge on any atom is 0.150 e. The van der Waals surface area contributed by atoms with Crippen LogP contribution in [-0.4, -0.2) is 19.4 Å². The maximum atomic E-state index is 10.6. The van der Waals surface area contributed by atoms with E-state index in [2.05, 4.69) is 20.8 Å². The summed E-state index contributed by atoms with van der Waals surface area (Å²) < 4.78 is 1.02. The molecule has 4 nitrogen and oxygen atoms in total. The van der Waals surface area contributed by atoms with Gasteiger partial charge >= 0.3 is 0 Å². The van der Waals surface area contributed by atoms with Crippen molar-refractivity contribution in [1.29, 1.82) is 0 Å². The van der Waals surface area contributed by atoms with E-state index >= 15 is 0 Å². The second-order valence-corrected chi connectivity index (χ2v) is 4.73. The number of hydrogen-bond donors (Lipinski definition) is 0. The maximum absolute atomic E-state index is 10.6. The van der Waals surface area contributed by atoms with Crippen molar-refractivity contribution in [2.24, 2.45) is 0 Å². The second-order valence-electron chi connectivity index (χ2n) is 3.88. The van der Waals surface area contributed by atoms with E-state index in [1.807, 2.05) is 18.2 Å². The molecule has 0 aliphatic carbocycles. The molecule has 6 heteroatoms. The topological polar surface area (TPSA) is 77.3 Å². The Kier molecular flexibility index (Phi) is 10.6. The van der Waals surface area contributed by atoms with E-state index in [0.29, 0.717) is 0 Å². The smallest absolute Gasteiger partial charge is 0.150 e. The predicted octanol–water partition coefficient (Wildman–Crippen LogP) is 3.01. The standard InChI is InChI=1S/C12H14BrNO.Mn.2O/c13-11-8-10(9-15)4-5-12(11)14-6-2-1-3-7-14;;;/h4-5,8-9H,1-3,6-7H2;;;/q;;2*-2. The Labute approximate surface area is 126 Å². The van der Waals surface area contributed by atoms with Crippen LogP contribution >= 0.6 is 15.9 Å². The van der Waals surface area contributed by atoms with Gasteiger partial charge in [0.15, 0.2) is 0 Å². The molecule has 0 aromatic heterocycles. The number of anilines is 1. The molecule has 0 bridgehead atoms. The van der Waals surface area contributed by atoms with Gasteiger partial charge in [0.05, 0.1) is 5.69 Å². The number of rotatable bonds is 2. The van der Waals surface area contributed by atoms with Crippen LogP contribution in [0.2, 0.25) is 0 Å². The quantitative estimate of drug-likeness (QED) is 0.604. The van der Waals surface area contributed by atoms with Gasteiger partial charge in [-0.15, -0.1) is 0 Å². The number of hydrogen-bond acceptors (Lipinski definition) is 2. The summed E-state index contributed by atoms with van der Waals surface area (Å²) in [6, 6.07) is 5.79. The average molecular weight is 355 g/mol. The van der Waals surface area contributed by atoms with Crippen molar-refractivity contribution < 1.29 is 32.8 Å². The van der Waals surface area contributed by atoms with Gasteiger partial charge < -0.3 is 15.9 Å². The summed E-state index contributed by atoms with van der Waals surface area (Å²) in [5.74, 6) is 0. The van der Waals surface area contributed by atoms with Crippen molar-refractivity contribution in [1.82, 2.24) is 0 Å². The number of carbonyl (C=O) groups excluding carboxylic acids is 1.